The molecule has 2 aromatic rings. The molecular formula is C17H16BrNO3. The highest BCUT2D eigenvalue weighted by molar-refractivity contribution is 9.10. The van der Waals surface area contributed by atoms with Gasteiger partial charge < -0.3 is 14.4 Å². The van der Waals surface area contributed by atoms with Crippen molar-refractivity contribution in [2.45, 2.75) is 6.54 Å². The molecule has 0 unspecified atom stereocenters. The highest BCUT2D eigenvalue weighted by Gasteiger charge is 2.15. The van der Waals surface area contributed by atoms with E-state index in [2.05, 4.69) is 15.9 Å². The number of hydrogen-bond donors (Lipinski definition) is 0. The van der Waals surface area contributed by atoms with Crippen LogP contribution in [-0.4, -0.2) is 31.1 Å². The first-order chi connectivity index (χ1) is 10.6. The molecule has 0 atom stereocenters. The summed E-state index contributed by atoms with van der Waals surface area (Å²) in [4.78, 5) is 14.1. The van der Waals surface area contributed by atoms with Crippen LogP contribution in [0, 0.1) is 0 Å². The summed E-state index contributed by atoms with van der Waals surface area (Å²) in [5.74, 6) is 1.49. The second-order valence-electron chi connectivity index (χ2n) is 5.15. The van der Waals surface area contributed by atoms with E-state index in [9.17, 15) is 4.79 Å². The van der Waals surface area contributed by atoms with Gasteiger partial charge in [0.2, 0.25) is 0 Å². The van der Waals surface area contributed by atoms with E-state index in [0.717, 1.165) is 21.5 Å². The van der Waals surface area contributed by atoms with Gasteiger partial charge in [0.1, 0.15) is 13.2 Å². The number of carbonyl (C=O) groups is 1. The highest BCUT2D eigenvalue weighted by Crippen LogP contribution is 2.31. The fourth-order valence-electron chi connectivity index (χ4n) is 2.34. The van der Waals surface area contributed by atoms with Crippen molar-refractivity contribution < 1.29 is 14.3 Å². The lowest BCUT2D eigenvalue weighted by Crippen LogP contribution is -2.26. The second kappa shape index (κ2) is 6.40. The molecule has 0 N–H and O–H groups in total. The minimum absolute atomic E-state index is 0.0117. The molecule has 0 aliphatic carbocycles. The number of carbonyl (C=O) groups excluding carboxylic acids is 1. The number of halogens is 1. The molecular weight excluding hydrogens is 346 g/mol. The maximum Gasteiger partial charge on any atom is 0.253 e. The number of benzene rings is 2. The van der Waals surface area contributed by atoms with Gasteiger partial charge in [-0.1, -0.05) is 22.0 Å². The van der Waals surface area contributed by atoms with Crippen LogP contribution in [0.4, 0.5) is 0 Å². The van der Waals surface area contributed by atoms with E-state index in [1.54, 1.807) is 11.9 Å². The van der Waals surface area contributed by atoms with Crippen LogP contribution in [0.3, 0.4) is 0 Å². The molecule has 0 bridgehead atoms. The Bertz CT molecular complexity index is 685. The predicted molar refractivity (Wildman–Crippen MR) is 87.4 cm³/mol. The van der Waals surface area contributed by atoms with Gasteiger partial charge >= 0.3 is 0 Å². The Morgan fingerprint density at radius 3 is 2.50 bits per heavy atom. The first kappa shape index (κ1) is 14.9. The summed E-state index contributed by atoms with van der Waals surface area (Å²) in [5, 5.41) is 0. The lowest BCUT2D eigenvalue weighted by Gasteiger charge is -2.21. The van der Waals surface area contributed by atoms with Crippen molar-refractivity contribution in [1.82, 2.24) is 4.90 Å². The van der Waals surface area contributed by atoms with Crippen LogP contribution in [0.25, 0.3) is 0 Å². The molecule has 1 amide bonds. The van der Waals surface area contributed by atoms with E-state index in [1.807, 2.05) is 42.5 Å². The van der Waals surface area contributed by atoms with Gasteiger partial charge in [-0.25, -0.2) is 0 Å². The molecule has 4 nitrogen and oxygen atoms in total. The second-order valence-corrected chi connectivity index (χ2v) is 6.06. The van der Waals surface area contributed by atoms with Crippen molar-refractivity contribution in [3.63, 3.8) is 0 Å². The number of amides is 1. The Morgan fingerprint density at radius 2 is 1.77 bits per heavy atom. The fourth-order valence-corrected chi connectivity index (χ4v) is 2.61. The summed E-state index contributed by atoms with van der Waals surface area (Å²) in [6, 6.07) is 13.1. The number of ether oxygens (including phenoxy) is 2. The zero-order chi connectivity index (χ0) is 15.5. The minimum atomic E-state index is -0.0117. The zero-order valence-corrected chi connectivity index (χ0v) is 13.8. The Balaban J connectivity index is 1.72. The molecule has 0 spiro atoms. The van der Waals surface area contributed by atoms with Gasteiger partial charge in [-0.15, -0.1) is 0 Å². The van der Waals surface area contributed by atoms with Crippen molar-refractivity contribution in [1.29, 1.82) is 0 Å². The van der Waals surface area contributed by atoms with E-state index in [4.69, 9.17) is 9.47 Å². The molecule has 0 fully saturated rings. The topological polar surface area (TPSA) is 38.8 Å². The first-order valence-electron chi connectivity index (χ1n) is 7.03. The molecule has 1 heterocycles. The third kappa shape index (κ3) is 3.25. The monoisotopic (exact) mass is 361 g/mol. The maximum absolute atomic E-state index is 12.4. The lowest BCUT2D eigenvalue weighted by atomic mass is 10.1. The summed E-state index contributed by atoms with van der Waals surface area (Å²) in [6.07, 6.45) is 0. The van der Waals surface area contributed by atoms with Crippen LogP contribution in [0.2, 0.25) is 0 Å². The predicted octanol–water partition coefficient (Wildman–Crippen LogP) is 3.49. The number of rotatable bonds is 3. The summed E-state index contributed by atoms with van der Waals surface area (Å²) >= 11 is 3.37. The number of fused-ring (bicyclic) bond motifs is 1. The molecule has 1 aliphatic heterocycles. The van der Waals surface area contributed by atoms with Gasteiger partial charge in [0.05, 0.1) is 0 Å². The minimum Gasteiger partial charge on any atom is -0.486 e. The average molecular weight is 362 g/mol. The van der Waals surface area contributed by atoms with Gasteiger partial charge in [0.25, 0.3) is 5.91 Å². The maximum atomic E-state index is 12.4. The molecule has 22 heavy (non-hydrogen) atoms. The Labute approximate surface area is 137 Å². The first-order valence-corrected chi connectivity index (χ1v) is 7.82. The van der Waals surface area contributed by atoms with E-state index in [-0.39, 0.29) is 5.91 Å². The van der Waals surface area contributed by atoms with Crippen LogP contribution in [0.15, 0.2) is 46.9 Å². The Kier molecular flexibility index (Phi) is 4.34. The van der Waals surface area contributed by atoms with Gasteiger partial charge in [-0.2, -0.15) is 0 Å². The van der Waals surface area contributed by atoms with E-state index < -0.39 is 0 Å². The van der Waals surface area contributed by atoms with Crippen molar-refractivity contribution in [3.8, 4) is 11.5 Å². The van der Waals surface area contributed by atoms with Gasteiger partial charge in [0, 0.05) is 23.6 Å². The Hall–Kier alpha value is -2.01. The van der Waals surface area contributed by atoms with Crippen LogP contribution in [0.5, 0.6) is 11.5 Å². The van der Waals surface area contributed by atoms with Gasteiger partial charge in [0.15, 0.2) is 11.5 Å². The third-order valence-electron chi connectivity index (χ3n) is 3.46. The highest BCUT2D eigenvalue weighted by atomic mass is 79.9. The molecule has 114 valence electrons. The smallest absolute Gasteiger partial charge is 0.253 e. The number of nitrogens with zero attached hydrogens (tertiary/aromatic N) is 1. The Morgan fingerprint density at radius 1 is 1.09 bits per heavy atom. The molecule has 0 radical (unpaired) electrons. The van der Waals surface area contributed by atoms with Crippen LogP contribution in [0.1, 0.15) is 15.9 Å². The average Bonchev–Trinajstić information content (AvgIpc) is 2.55. The van der Waals surface area contributed by atoms with Gasteiger partial charge in [-0.3, -0.25) is 4.79 Å². The fraction of sp³-hybridized carbons (Fsp3) is 0.235. The molecule has 5 heteroatoms. The molecule has 3 rings (SSSR count). The molecule has 0 saturated heterocycles. The van der Waals surface area contributed by atoms with Crippen LogP contribution < -0.4 is 9.47 Å². The molecule has 2 aromatic carbocycles. The lowest BCUT2D eigenvalue weighted by molar-refractivity contribution is 0.0784. The molecule has 0 saturated carbocycles. The van der Waals surface area contributed by atoms with E-state index >= 15 is 0 Å². The van der Waals surface area contributed by atoms with Crippen LogP contribution >= 0.6 is 15.9 Å². The third-order valence-corrected chi connectivity index (χ3v) is 3.99. The van der Waals surface area contributed by atoms with Crippen molar-refractivity contribution >= 4 is 21.8 Å². The largest absolute Gasteiger partial charge is 0.486 e. The zero-order valence-electron chi connectivity index (χ0n) is 12.2. The summed E-state index contributed by atoms with van der Waals surface area (Å²) in [5.41, 5.74) is 1.68. The van der Waals surface area contributed by atoms with E-state index in [1.165, 1.54) is 0 Å². The van der Waals surface area contributed by atoms with Crippen molar-refractivity contribution in [3.05, 3.63) is 58.1 Å². The molecule has 1 aliphatic rings. The standard InChI is InChI=1S/C17H16BrNO3/c1-19(17(20)13-3-5-14(18)6-4-13)11-12-2-7-15-16(10-12)22-9-8-21-15/h2-7,10H,8-9,11H2,1H3. The quantitative estimate of drug-likeness (QED) is 0.839. The van der Waals surface area contributed by atoms with Crippen molar-refractivity contribution in [2.75, 3.05) is 20.3 Å². The summed E-state index contributed by atoms with van der Waals surface area (Å²) in [7, 11) is 1.79. The summed E-state index contributed by atoms with van der Waals surface area (Å²) < 4.78 is 12.0. The normalized spacial score (nSPS) is 12.8. The van der Waals surface area contributed by atoms with Crippen LogP contribution in [-0.2, 0) is 6.54 Å². The van der Waals surface area contributed by atoms with Crippen molar-refractivity contribution in [2.24, 2.45) is 0 Å². The number of hydrogen-bond acceptors (Lipinski definition) is 3. The summed E-state index contributed by atoms with van der Waals surface area (Å²) in [6.45, 7) is 1.66. The van der Waals surface area contributed by atoms with Gasteiger partial charge in [-0.05, 0) is 42.0 Å². The SMILES string of the molecule is CN(Cc1ccc2c(c1)OCCO2)C(=O)c1ccc(Br)cc1. The van der Waals surface area contributed by atoms with E-state index in [0.29, 0.717) is 25.3 Å². The molecule has 0 aromatic heterocycles.